The summed E-state index contributed by atoms with van der Waals surface area (Å²) in [6, 6.07) is 16.1. The normalized spacial score (nSPS) is 11.4. The summed E-state index contributed by atoms with van der Waals surface area (Å²) in [6.45, 7) is 2.11. The highest BCUT2D eigenvalue weighted by molar-refractivity contribution is 6.31. The van der Waals surface area contributed by atoms with E-state index in [0.29, 0.717) is 22.9 Å². The Balaban J connectivity index is 1.98. The first-order chi connectivity index (χ1) is 11.0. The first-order valence-electron chi connectivity index (χ1n) is 7.16. The summed E-state index contributed by atoms with van der Waals surface area (Å²) in [6.07, 6.45) is -0.629. The number of hydrogen-bond acceptors (Lipinski definition) is 3. The van der Waals surface area contributed by atoms with Crippen LogP contribution in [0.5, 0.6) is 5.75 Å². The van der Waals surface area contributed by atoms with Crippen LogP contribution >= 0.6 is 11.6 Å². The molecule has 0 heterocycles. The average Bonchev–Trinajstić information content (AvgIpc) is 2.56. The van der Waals surface area contributed by atoms with Gasteiger partial charge in [-0.25, -0.2) is 0 Å². The standard InChI is InChI=1S/C18H17ClN2O2/c1-13(23-16-9-7-14(11-20)8-10-16)18(22)21(2)12-15-5-3-4-6-17(15)19/h3-10,13H,12H2,1-2H3. The smallest absolute Gasteiger partial charge is 0.263 e. The topological polar surface area (TPSA) is 53.3 Å². The van der Waals surface area contributed by atoms with Crippen molar-refractivity contribution in [1.82, 2.24) is 4.90 Å². The number of benzene rings is 2. The van der Waals surface area contributed by atoms with E-state index >= 15 is 0 Å². The Morgan fingerprint density at radius 1 is 1.26 bits per heavy atom. The van der Waals surface area contributed by atoms with E-state index in [1.165, 1.54) is 0 Å². The molecule has 0 saturated heterocycles. The Morgan fingerprint density at radius 2 is 1.91 bits per heavy atom. The van der Waals surface area contributed by atoms with Crippen LogP contribution < -0.4 is 4.74 Å². The van der Waals surface area contributed by atoms with E-state index in [1.54, 1.807) is 49.2 Å². The number of ether oxygens (including phenoxy) is 1. The van der Waals surface area contributed by atoms with Crippen molar-refractivity contribution < 1.29 is 9.53 Å². The van der Waals surface area contributed by atoms with Gasteiger partial charge >= 0.3 is 0 Å². The Hall–Kier alpha value is -2.51. The van der Waals surface area contributed by atoms with Crippen LogP contribution in [0.4, 0.5) is 0 Å². The Morgan fingerprint density at radius 3 is 2.52 bits per heavy atom. The zero-order valence-corrected chi connectivity index (χ0v) is 13.7. The number of halogens is 1. The first kappa shape index (κ1) is 16.9. The lowest BCUT2D eigenvalue weighted by Gasteiger charge is -2.22. The molecule has 1 unspecified atom stereocenters. The SMILES string of the molecule is CC(Oc1ccc(C#N)cc1)C(=O)N(C)Cc1ccccc1Cl. The number of amides is 1. The number of carbonyl (C=O) groups is 1. The molecule has 2 aromatic carbocycles. The van der Waals surface area contributed by atoms with E-state index < -0.39 is 6.10 Å². The summed E-state index contributed by atoms with van der Waals surface area (Å²) >= 11 is 6.12. The van der Waals surface area contributed by atoms with Crippen LogP contribution in [-0.4, -0.2) is 24.0 Å². The van der Waals surface area contributed by atoms with Gasteiger partial charge in [0.1, 0.15) is 5.75 Å². The highest BCUT2D eigenvalue weighted by Gasteiger charge is 2.20. The second kappa shape index (κ2) is 7.66. The van der Waals surface area contributed by atoms with Crippen LogP contribution in [0.15, 0.2) is 48.5 Å². The van der Waals surface area contributed by atoms with Gasteiger partial charge in [0.2, 0.25) is 0 Å². The van der Waals surface area contributed by atoms with Crippen molar-refractivity contribution in [3.8, 4) is 11.8 Å². The van der Waals surface area contributed by atoms with Crippen molar-refractivity contribution in [3.05, 3.63) is 64.7 Å². The van der Waals surface area contributed by atoms with Gasteiger partial charge < -0.3 is 9.64 Å². The van der Waals surface area contributed by atoms with Crippen LogP contribution in [0.2, 0.25) is 5.02 Å². The number of nitriles is 1. The number of likely N-dealkylation sites (N-methyl/N-ethyl adjacent to an activating group) is 1. The van der Waals surface area contributed by atoms with E-state index in [0.717, 1.165) is 5.56 Å². The van der Waals surface area contributed by atoms with Crippen LogP contribution in [0, 0.1) is 11.3 Å². The third-order valence-electron chi connectivity index (χ3n) is 3.39. The molecule has 0 saturated carbocycles. The molecule has 0 aromatic heterocycles. The third kappa shape index (κ3) is 4.48. The summed E-state index contributed by atoms with van der Waals surface area (Å²) < 4.78 is 5.63. The first-order valence-corrected chi connectivity index (χ1v) is 7.54. The maximum atomic E-state index is 12.4. The van der Waals surface area contributed by atoms with Gasteiger partial charge in [0.05, 0.1) is 11.6 Å². The Bertz CT molecular complexity index is 723. The van der Waals surface area contributed by atoms with Crippen molar-refractivity contribution in [2.75, 3.05) is 7.05 Å². The van der Waals surface area contributed by atoms with Gasteiger partial charge in [0.15, 0.2) is 6.10 Å². The predicted octanol–water partition coefficient (Wildman–Crippen LogP) is 3.64. The van der Waals surface area contributed by atoms with Gasteiger partial charge in [-0.05, 0) is 42.8 Å². The van der Waals surface area contributed by atoms with Crippen molar-refractivity contribution in [1.29, 1.82) is 5.26 Å². The van der Waals surface area contributed by atoms with Gasteiger partial charge in [0, 0.05) is 18.6 Å². The predicted molar refractivity (Wildman–Crippen MR) is 89.2 cm³/mol. The largest absolute Gasteiger partial charge is 0.481 e. The van der Waals surface area contributed by atoms with Gasteiger partial charge in [0.25, 0.3) is 5.91 Å². The molecule has 0 aliphatic heterocycles. The van der Waals surface area contributed by atoms with Gasteiger partial charge in [-0.15, -0.1) is 0 Å². The lowest BCUT2D eigenvalue weighted by molar-refractivity contribution is -0.137. The summed E-state index contributed by atoms with van der Waals surface area (Å²) in [7, 11) is 1.71. The zero-order valence-electron chi connectivity index (χ0n) is 13.0. The molecule has 0 radical (unpaired) electrons. The molecule has 2 rings (SSSR count). The lowest BCUT2D eigenvalue weighted by atomic mass is 10.2. The second-order valence-corrected chi connectivity index (χ2v) is 5.59. The van der Waals surface area contributed by atoms with Crippen molar-refractivity contribution >= 4 is 17.5 Å². The minimum atomic E-state index is -0.629. The van der Waals surface area contributed by atoms with Crippen molar-refractivity contribution in [3.63, 3.8) is 0 Å². The molecule has 4 nitrogen and oxygen atoms in total. The molecule has 0 fully saturated rings. The van der Waals surface area contributed by atoms with Gasteiger partial charge in [-0.3, -0.25) is 4.79 Å². The Labute approximate surface area is 140 Å². The molecule has 0 spiro atoms. The quantitative estimate of drug-likeness (QED) is 0.842. The van der Waals surface area contributed by atoms with E-state index in [9.17, 15) is 4.79 Å². The lowest BCUT2D eigenvalue weighted by Crippen LogP contribution is -2.37. The van der Waals surface area contributed by atoms with E-state index in [1.807, 2.05) is 24.3 Å². The fourth-order valence-electron chi connectivity index (χ4n) is 2.13. The number of rotatable bonds is 5. The van der Waals surface area contributed by atoms with Crippen molar-refractivity contribution in [2.45, 2.75) is 19.6 Å². The maximum absolute atomic E-state index is 12.4. The fourth-order valence-corrected chi connectivity index (χ4v) is 2.33. The second-order valence-electron chi connectivity index (χ2n) is 5.18. The number of hydrogen-bond donors (Lipinski definition) is 0. The minimum Gasteiger partial charge on any atom is -0.481 e. The third-order valence-corrected chi connectivity index (χ3v) is 3.75. The molecular formula is C18H17ClN2O2. The van der Waals surface area contributed by atoms with E-state index in [2.05, 4.69) is 0 Å². The zero-order chi connectivity index (χ0) is 16.8. The molecule has 2 aromatic rings. The maximum Gasteiger partial charge on any atom is 0.263 e. The van der Waals surface area contributed by atoms with Gasteiger partial charge in [-0.2, -0.15) is 5.26 Å². The molecule has 5 heteroatoms. The molecule has 0 aliphatic rings. The highest BCUT2D eigenvalue weighted by atomic mass is 35.5. The molecule has 1 amide bonds. The highest BCUT2D eigenvalue weighted by Crippen LogP contribution is 2.18. The summed E-state index contributed by atoms with van der Waals surface area (Å²) in [4.78, 5) is 14.0. The fraction of sp³-hybridized carbons (Fsp3) is 0.222. The minimum absolute atomic E-state index is 0.144. The van der Waals surface area contributed by atoms with Crippen molar-refractivity contribution in [2.24, 2.45) is 0 Å². The van der Waals surface area contributed by atoms with Gasteiger partial charge in [-0.1, -0.05) is 29.8 Å². The van der Waals surface area contributed by atoms with E-state index in [4.69, 9.17) is 21.6 Å². The molecule has 118 valence electrons. The number of nitrogens with zero attached hydrogens (tertiary/aromatic N) is 2. The molecular weight excluding hydrogens is 312 g/mol. The van der Waals surface area contributed by atoms with E-state index in [-0.39, 0.29) is 5.91 Å². The number of carbonyl (C=O) groups excluding carboxylic acids is 1. The molecule has 0 bridgehead atoms. The Kier molecular flexibility index (Phi) is 5.61. The average molecular weight is 329 g/mol. The summed E-state index contributed by atoms with van der Waals surface area (Å²) in [5, 5.41) is 9.40. The summed E-state index contributed by atoms with van der Waals surface area (Å²) in [5.74, 6) is 0.408. The van der Waals surface area contributed by atoms with Crippen LogP contribution in [-0.2, 0) is 11.3 Å². The van der Waals surface area contributed by atoms with Crippen LogP contribution in [0.3, 0.4) is 0 Å². The van der Waals surface area contributed by atoms with Crippen LogP contribution in [0.1, 0.15) is 18.1 Å². The molecule has 0 N–H and O–H groups in total. The molecule has 23 heavy (non-hydrogen) atoms. The van der Waals surface area contributed by atoms with Crippen LogP contribution in [0.25, 0.3) is 0 Å². The molecule has 1 atom stereocenters. The monoisotopic (exact) mass is 328 g/mol. The summed E-state index contributed by atoms with van der Waals surface area (Å²) in [5.41, 5.74) is 1.43. The molecule has 0 aliphatic carbocycles.